The summed E-state index contributed by atoms with van der Waals surface area (Å²) < 4.78 is 10.8. The number of carbonyl (C=O) groups is 1. The van der Waals surface area contributed by atoms with Crippen molar-refractivity contribution >= 4 is 5.91 Å². The zero-order valence-corrected chi connectivity index (χ0v) is 15.3. The number of rotatable bonds is 9. The molecule has 1 heterocycles. The molecule has 0 radical (unpaired) electrons. The maximum atomic E-state index is 12.3. The third-order valence-electron chi connectivity index (χ3n) is 4.32. The minimum atomic E-state index is -0.0908. The first-order valence-corrected chi connectivity index (χ1v) is 8.75. The molecular formula is C19H29N3O3. The van der Waals surface area contributed by atoms with Crippen molar-refractivity contribution in [2.45, 2.75) is 6.42 Å². The maximum absolute atomic E-state index is 12.3. The fraction of sp³-hybridized carbons (Fsp3) is 0.526. The van der Waals surface area contributed by atoms with E-state index in [4.69, 9.17) is 9.47 Å². The smallest absolute Gasteiger partial charge is 0.251 e. The summed E-state index contributed by atoms with van der Waals surface area (Å²) in [6, 6.07) is 5.20. The summed E-state index contributed by atoms with van der Waals surface area (Å²) in [5, 5.41) is 2.97. The van der Waals surface area contributed by atoms with E-state index in [9.17, 15) is 4.79 Å². The third kappa shape index (κ3) is 6.07. The minimum Gasteiger partial charge on any atom is -0.493 e. The fourth-order valence-electron chi connectivity index (χ4n) is 2.75. The van der Waals surface area contributed by atoms with Crippen LogP contribution in [0.2, 0.25) is 0 Å². The number of hydrogen-bond donors (Lipinski definition) is 1. The van der Waals surface area contributed by atoms with Crippen LogP contribution in [-0.4, -0.2) is 75.7 Å². The van der Waals surface area contributed by atoms with E-state index >= 15 is 0 Å². The van der Waals surface area contributed by atoms with Gasteiger partial charge in [-0.3, -0.25) is 4.79 Å². The van der Waals surface area contributed by atoms with Crippen molar-refractivity contribution in [2.24, 2.45) is 0 Å². The Morgan fingerprint density at radius 3 is 2.72 bits per heavy atom. The Labute approximate surface area is 150 Å². The number of benzene rings is 1. The van der Waals surface area contributed by atoms with Gasteiger partial charge in [0.2, 0.25) is 0 Å². The quantitative estimate of drug-likeness (QED) is 0.543. The highest BCUT2D eigenvalue weighted by Crippen LogP contribution is 2.28. The first-order valence-electron chi connectivity index (χ1n) is 8.75. The van der Waals surface area contributed by atoms with Gasteiger partial charge in [-0.25, -0.2) is 0 Å². The van der Waals surface area contributed by atoms with Gasteiger partial charge in [0, 0.05) is 38.3 Å². The molecule has 1 amide bonds. The molecule has 25 heavy (non-hydrogen) atoms. The predicted octanol–water partition coefficient (Wildman–Crippen LogP) is 1.63. The second-order valence-corrected chi connectivity index (χ2v) is 6.22. The molecule has 1 N–H and O–H groups in total. The number of likely N-dealkylation sites (N-methyl/N-ethyl adjacent to an activating group) is 1. The van der Waals surface area contributed by atoms with Crippen molar-refractivity contribution < 1.29 is 14.3 Å². The van der Waals surface area contributed by atoms with Crippen LogP contribution in [0.5, 0.6) is 11.5 Å². The number of nitrogens with zero attached hydrogens (tertiary/aromatic N) is 2. The van der Waals surface area contributed by atoms with Crippen molar-refractivity contribution in [3.63, 3.8) is 0 Å². The summed E-state index contributed by atoms with van der Waals surface area (Å²) >= 11 is 0. The first kappa shape index (κ1) is 19.3. The number of amides is 1. The molecule has 1 aliphatic rings. The highest BCUT2D eigenvalue weighted by Gasteiger charge is 2.14. The summed E-state index contributed by atoms with van der Waals surface area (Å²) in [6.45, 7) is 10.2. The fourth-order valence-corrected chi connectivity index (χ4v) is 2.75. The topological polar surface area (TPSA) is 54.0 Å². The number of carbonyl (C=O) groups excluding carboxylic acids is 1. The highest BCUT2D eigenvalue weighted by molar-refractivity contribution is 5.94. The SMILES string of the molecule is C=CCOc1ccc(C(=O)NCCCN2CCN(C)CC2)cc1OC. The molecule has 0 atom stereocenters. The van der Waals surface area contributed by atoms with E-state index in [1.54, 1.807) is 31.4 Å². The predicted molar refractivity (Wildman–Crippen MR) is 99.6 cm³/mol. The molecule has 6 nitrogen and oxygen atoms in total. The molecule has 1 aliphatic heterocycles. The molecular weight excluding hydrogens is 318 g/mol. The molecule has 2 rings (SSSR count). The lowest BCUT2D eigenvalue weighted by Crippen LogP contribution is -2.45. The molecule has 6 heteroatoms. The average molecular weight is 347 g/mol. The first-order chi connectivity index (χ1) is 12.1. The molecule has 0 saturated carbocycles. The molecule has 0 aliphatic carbocycles. The lowest BCUT2D eigenvalue weighted by atomic mass is 10.2. The van der Waals surface area contributed by atoms with E-state index < -0.39 is 0 Å². The second-order valence-electron chi connectivity index (χ2n) is 6.22. The van der Waals surface area contributed by atoms with Crippen LogP contribution in [0.1, 0.15) is 16.8 Å². The van der Waals surface area contributed by atoms with Crippen LogP contribution in [0.3, 0.4) is 0 Å². The molecule has 0 bridgehead atoms. The molecule has 0 spiro atoms. The van der Waals surface area contributed by atoms with Gasteiger partial charge in [-0.1, -0.05) is 12.7 Å². The van der Waals surface area contributed by atoms with Gasteiger partial charge in [0.25, 0.3) is 5.91 Å². The van der Waals surface area contributed by atoms with Crippen molar-refractivity contribution in [2.75, 3.05) is 60.0 Å². The van der Waals surface area contributed by atoms with Crippen LogP contribution in [-0.2, 0) is 0 Å². The summed E-state index contributed by atoms with van der Waals surface area (Å²) in [5.74, 6) is 1.06. The van der Waals surface area contributed by atoms with Crippen LogP contribution in [0.4, 0.5) is 0 Å². The summed E-state index contributed by atoms with van der Waals surface area (Å²) in [4.78, 5) is 17.1. The van der Waals surface area contributed by atoms with Crippen LogP contribution in [0, 0.1) is 0 Å². The van der Waals surface area contributed by atoms with Crippen molar-refractivity contribution in [1.82, 2.24) is 15.1 Å². The Balaban J connectivity index is 1.77. The number of methoxy groups -OCH3 is 1. The minimum absolute atomic E-state index is 0.0908. The Hall–Kier alpha value is -2.05. The third-order valence-corrected chi connectivity index (χ3v) is 4.32. The highest BCUT2D eigenvalue weighted by atomic mass is 16.5. The summed E-state index contributed by atoms with van der Waals surface area (Å²) in [7, 11) is 3.72. The van der Waals surface area contributed by atoms with E-state index in [0.29, 0.717) is 30.2 Å². The molecule has 1 saturated heterocycles. The molecule has 138 valence electrons. The average Bonchev–Trinajstić information content (AvgIpc) is 2.64. The Morgan fingerprint density at radius 2 is 2.04 bits per heavy atom. The van der Waals surface area contributed by atoms with E-state index in [2.05, 4.69) is 28.7 Å². The van der Waals surface area contributed by atoms with Gasteiger partial charge >= 0.3 is 0 Å². The molecule has 0 aromatic heterocycles. The van der Waals surface area contributed by atoms with E-state index in [0.717, 1.165) is 39.1 Å². The Kier molecular flexibility index (Phi) is 7.76. The van der Waals surface area contributed by atoms with Gasteiger partial charge in [0.05, 0.1) is 7.11 Å². The molecule has 1 aromatic rings. The Morgan fingerprint density at radius 1 is 1.28 bits per heavy atom. The van der Waals surface area contributed by atoms with Gasteiger partial charge in [-0.15, -0.1) is 0 Å². The monoisotopic (exact) mass is 347 g/mol. The Bertz CT molecular complexity index is 569. The van der Waals surface area contributed by atoms with Gasteiger partial charge in [-0.05, 0) is 38.2 Å². The molecule has 1 aromatic carbocycles. The van der Waals surface area contributed by atoms with Gasteiger partial charge in [-0.2, -0.15) is 0 Å². The summed E-state index contributed by atoms with van der Waals surface area (Å²) in [6.07, 6.45) is 2.62. The van der Waals surface area contributed by atoms with Crippen LogP contribution in [0.25, 0.3) is 0 Å². The van der Waals surface area contributed by atoms with Crippen molar-refractivity contribution in [3.8, 4) is 11.5 Å². The van der Waals surface area contributed by atoms with Crippen LogP contribution in [0.15, 0.2) is 30.9 Å². The van der Waals surface area contributed by atoms with E-state index in [-0.39, 0.29) is 5.91 Å². The largest absolute Gasteiger partial charge is 0.493 e. The van der Waals surface area contributed by atoms with Crippen LogP contribution < -0.4 is 14.8 Å². The zero-order chi connectivity index (χ0) is 18.1. The van der Waals surface area contributed by atoms with Gasteiger partial charge in [0.1, 0.15) is 6.61 Å². The lowest BCUT2D eigenvalue weighted by molar-refractivity contribution is 0.0949. The number of hydrogen-bond acceptors (Lipinski definition) is 5. The molecule has 1 fully saturated rings. The zero-order valence-electron chi connectivity index (χ0n) is 15.3. The van der Waals surface area contributed by atoms with Crippen LogP contribution >= 0.6 is 0 Å². The van der Waals surface area contributed by atoms with Gasteiger partial charge < -0.3 is 24.6 Å². The van der Waals surface area contributed by atoms with E-state index in [1.807, 2.05) is 0 Å². The standard InChI is InChI=1S/C19H29N3O3/c1-4-14-25-17-7-6-16(15-18(17)24-3)19(23)20-8-5-9-22-12-10-21(2)11-13-22/h4,6-7,15H,1,5,8-14H2,2-3H3,(H,20,23). The summed E-state index contributed by atoms with van der Waals surface area (Å²) in [5.41, 5.74) is 0.572. The van der Waals surface area contributed by atoms with Gasteiger partial charge in [0.15, 0.2) is 11.5 Å². The number of nitrogens with one attached hydrogen (secondary N) is 1. The lowest BCUT2D eigenvalue weighted by Gasteiger charge is -2.32. The van der Waals surface area contributed by atoms with E-state index in [1.165, 1.54) is 0 Å². The molecule has 0 unspecified atom stereocenters. The van der Waals surface area contributed by atoms with Crippen molar-refractivity contribution in [3.05, 3.63) is 36.4 Å². The van der Waals surface area contributed by atoms with Crippen molar-refractivity contribution in [1.29, 1.82) is 0 Å². The normalized spacial score (nSPS) is 15.6. The number of ether oxygens (including phenoxy) is 2. The maximum Gasteiger partial charge on any atom is 0.251 e. The second kappa shape index (κ2) is 10.1. The number of piperazine rings is 1.